The Kier molecular flexibility index (Phi) is 20.3. The molecule has 1 unspecified atom stereocenters. The van der Waals surface area contributed by atoms with E-state index in [4.69, 9.17) is 22.7 Å². The van der Waals surface area contributed by atoms with Crippen molar-refractivity contribution in [2.75, 3.05) is 6.61 Å². The third-order valence-electron chi connectivity index (χ3n) is 16.6. The van der Waals surface area contributed by atoms with Crippen LogP contribution < -0.4 is 0 Å². The summed E-state index contributed by atoms with van der Waals surface area (Å²) < 4.78 is 28.7. The summed E-state index contributed by atoms with van der Waals surface area (Å²) in [5.74, 6) is 0.355. The number of thiazole rings is 1. The number of carbonyl (C=O) groups excluding carboxylic acids is 1. The summed E-state index contributed by atoms with van der Waals surface area (Å²) in [5, 5.41) is 3.54. The van der Waals surface area contributed by atoms with Gasteiger partial charge in [-0.1, -0.05) is 115 Å². The second kappa shape index (κ2) is 21.8. The molecule has 5 atom stereocenters. The van der Waals surface area contributed by atoms with E-state index in [0.717, 1.165) is 62.1 Å². The van der Waals surface area contributed by atoms with Crippen LogP contribution in [0.3, 0.4) is 0 Å². The molecule has 63 heavy (non-hydrogen) atoms. The predicted octanol–water partition coefficient (Wildman–Crippen LogP) is 17.0. The van der Waals surface area contributed by atoms with E-state index in [9.17, 15) is 0 Å². The maximum atomic E-state index is 15.5. The molecule has 0 aliphatic heterocycles. The molecule has 0 N–H and O–H groups in total. The molecule has 1 aromatic rings. The Labute approximate surface area is 398 Å². The number of hydrogen-bond acceptors (Lipinski definition) is 7. The minimum absolute atomic E-state index is 0.0119. The van der Waals surface area contributed by atoms with Crippen LogP contribution in [-0.4, -0.2) is 69.0 Å². The molecule has 0 spiro atoms. The standard InChI is InChI=1S/C52H101NO5SSi4/c1-38(30-31-44(56-61(20,21)49(9,10)11)40(3)36-43-37-59-42(5)53-43)28-26-29-39(2)46(58-63(24,25)51(15,16)17)41(4)47(54)52(33-27-34-52)45(57-62(22,23)50(12,13)14)32-35-55-60(18,19)48(6,7)8/h30,36-37,39,41,44-46H,26-29,31-35H2,1-25H3/t39-,41+,44-,45-,46?/m0/s1. The maximum Gasteiger partial charge on any atom is 0.192 e. The van der Waals surface area contributed by atoms with Gasteiger partial charge in [0.1, 0.15) is 5.78 Å². The van der Waals surface area contributed by atoms with Crippen LogP contribution in [0.5, 0.6) is 0 Å². The van der Waals surface area contributed by atoms with Crippen molar-refractivity contribution >= 4 is 56.5 Å². The van der Waals surface area contributed by atoms with Gasteiger partial charge in [-0.3, -0.25) is 4.79 Å². The van der Waals surface area contributed by atoms with Crippen LogP contribution in [0, 0.1) is 24.2 Å². The van der Waals surface area contributed by atoms with Crippen molar-refractivity contribution in [3.63, 3.8) is 0 Å². The van der Waals surface area contributed by atoms with E-state index in [-0.39, 0.29) is 50.3 Å². The van der Waals surface area contributed by atoms with Crippen molar-refractivity contribution in [3.8, 4) is 0 Å². The minimum atomic E-state index is -2.22. The number of aryl methyl sites for hydroxylation is 1. The van der Waals surface area contributed by atoms with E-state index in [0.29, 0.717) is 12.4 Å². The largest absolute Gasteiger partial charge is 0.417 e. The molecule has 1 aliphatic rings. The Balaban J connectivity index is 2.43. The van der Waals surface area contributed by atoms with E-state index in [1.165, 1.54) is 11.1 Å². The molecule has 0 saturated heterocycles. The van der Waals surface area contributed by atoms with Crippen molar-refractivity contribution in [1.29, 1.82) is 0 Å². The highest BCUT2D eigenvalue weighted by molar-refractivity contribution is 7.09. The van der Waals surface area contributed by atoms with Gasteiger partial charge in [0, 0.05) is 17.9 Å². The molecule has 0 radical (unpaired) electrons. The molecule has 1 saturated carbocycles. The quantitative estimate of drug-likeness (QED) is 0.0804. The number of hydrogen-bond donors (Lipinski definition) is 0. The first kappa shape index (κ1) is 58.6. The lowest BCUT2D eigenvalue weighted by Crippen LogP contribution is -2.58. The Morgan fingerprint density at radius 1 is 0.762 bits per heavy atom. The first-order valence-corrected chi connectivity index (χ1v) is 37.2. The molecule has 0 amide bonds. The molecule has 2 rings (SSSR count). The zero-order valence-corrected chi connectivity index (χ0v) is 50.7. The number of ketones is 1. The Morgan fingerprint density at radius 2 is 1.25 bits per heavy atom. The van der Waals surface area contributed by atoms with Crippen LogP contribution in [0.25, 0.3) is 6.08 Å². The molecule has 6 nitrogen and oxygen atoms in total. The van der Waals surface area contributed by atoms with Crippen LogP contribution in [0.4, 0.5) is 0 Å². The highest BCUT2D eigenvalue weighted by Crippen LogP contribution is 2.53. The third-order valence-corrected chi connectivity index (χ3v) is 35.4. The molecule has 0 bridgehead atoms. The second-order valence-corrected chi connectivity index (χ2v) is 46.1. The lowest BCUT2D eigenvalue weighted by atomic mass is 9.59. The van der Waals surface area contributed by atoms with Gasteiger partial charge in [-0.2, -0.15) is 0 Å². The highest BCUT2D eigenvalue weighted by atomic mass is 32.1. The molecule has 1 aromatic heterocycles. The minimum Gasteiger partial charge on any atom is -0.417 e. The summed E-state index contributed by atoms with van der Waals surface area (Å²) in [7, 11) is -8.42. The fraction of sp³-hybridized carbons (Fsp3) is 0.846. The number of aromatic nitrogens is 1. The number of carbonyl (C=O) groups is 1. The van der Waals surface area contributed by atoms with Gasteiger partial charge in [-0.05, 0) is 156 Å². The van der Waals surface area contributed by atoms with Gasteiger partial charge < -0.3 is 17.7 Å². The van der Waals surface area contributed by atoms with Crippen LogP contribution in [0.1, 0.15) is 173 Å². The smallest absolute Gasteiger partial charge is 0.192 e. The molecule has 366 valence electrons. The summed E-state index contributed by atoms with van der Waals surface area (Å²) in [6.45, 7) is 58.2. The zero-order valence-electron chi connectivity index (χ0n) is 45.9. The summed E-state index contributed by atoms with van der Waals surface area (Å²) in [4.78, 5) is 20.2. The van der Waals surface area contributed by atoms with Crippen LogP contribution in [0.15, 0.2) is 22.6 Å². The number of nitrogens with zero attached hydrogens (tertiary/aromatic N) is 1. The number of rotatable bonds is 23. The molecular formula is C52H101NO5SSi4. The molecule has 1 aliphatic carbocycles. The highest BCUT2D eigenvalue weighted by Gasteiger charge is 2.56. The second-order valence-electron chi connectivity index (χ2n) is 26.0. The fourth-order valence-corrected chi connectivity index (χ4v) is 13.5. The lowest BCUT2D eigenvalue weighted by molar-refractivity contribution is -0.152. The van der Waals surface area contributed by atoms with Gasteiger partial charge in [0.15, 0.2) is 33.3 Å². The van der Waals surface area contributed by atoms with E-state index < -0.39 is 38.7 Å². The monoisotopic (exact) mass is 964 g/mol. The Hall–Kier alpha value is -0.512. The van der Waals surface area contributed by atoms with Crippen molar-refractivity contribution in [3.05, 3.63) is 33.3 Å². The van der Waals surface area contributed by atoms with E-state index >= 15 is 4.79 Å². The Morgan fingerprint density at radius 3 is 1.70 bits per heavy atom. The molecule has 11 heteroatoms. The van der Waals surface area contributed by atoms with Gasteiger partial charge in [0.25, 0.3) is 0 Å². The molecule has 1 heterocycles. The molecular weight excluding hydrogens is 863 g/mol. The first-order chi connectivity index (χ1) is 28.2. The average molecular weight is 965 g/mol. The van der Waals surface area contributed by atoms with Gasteiger partial charge in [-0.25, -0.2) is 4.98 Å². The van der Waals surface area contributed by atoms with E-state index in [1.54, 1.807) is 11.3 Å². The number of allylic oxidation sites excluding steroid dienone is 1. The summed E-state index contributed by atoms with van der Waals surface area (Å²) in [5.41, 5.74) is 3.14. The van der Waals surface area contributed by atoms with Crippen LogP contribution in [0.2, 0.25) is 72.5 Å². The van der Waals surface area contributed by atoms with Crippen molar-refractivity contribution in [1.82, 2.24) is 4.98 Å². The lowest BCUT2D eigenvalue weighted by Gasteiger charge is -2.52. The van der Waals surface area contributed by atoms with Crippen LogP contribution in [-0.2, 0) is 22.5 Å². The summed E-state index contributed by atoms with van der Waals surface area (Å²) >= 11 is 1.69. The molecule has 0 aromatic carbocycles. The van der Waals surface area contributed by atoms with Crippen molar-refractivity contribution in [2.45, 2.75) is 260 Å². The van der Waals surface area contributed by atoms with Crippen molar-refractivity contribution in [2.24, 2.45) is 17.3 Å². The first-order valence-electron chi connectivity index (χ1n) is 24.7. The SMILES string of the molecule is CC(=CC[C@H](O[Si](C)(C)C(C)(C)C)C(C)=Cc1csc(C)n1)CCC[C@H](C)C(O[Si](C)(C)C(C)(C)C)[C@@H](C)C(=O)C1([C@H](CCO[Si](C)(C)C(C)(C)C)O[Si](C)(C)C(C)(C)C)CCC1. The van der Waals surface area contributed by atoms with Crippen molar-refractivity contribution < 1.29 is 22.5 Å². The van der Waals surface area contributed by atoms with Gasteiger partial charge in [-0.15, -0.1) is 11.3 Å². The summed E-state index contributed by atoms with van der Waals surface area (Å²) in [6, 6.07) is 0. The molecule has 1 fully saturated rings. The van der Waals surface area contributed by atoms with E-state index in [2.05, 4.69) is 188 Å². The van der Waals surface area contributed by atoms with E-state index in [1.807, 2.05) is 0 Å². The third kappa shape index (κ3) is 15.8. The Bertz CT molecular complexity index is 1680. The normalized spacial score (nSPS) is 19.1. The van der Waals surface area contributed by atoms with Gasteiger partial charge >= 0.3 is 0 Å². The summed E-state index contributed by atoms with van der Waals surface area (Å²) in [6.07, 6.45) is 11.9. The number of Topliss-reactive ketones (excluding diaryl/α,β-unsaturated/α-hetero) is 1. The fourth-order valence-electron chi connectivity index (χ4n) is 7.64. The topological polar surface area (TPSA) is 66.9 Å². The van der Waals surface area contributed by atoms with Crippen LogP contribution >= 0.6 is 11.3 Å². The zero-order chi connectivity index (χ0) is 49.0. The van der Waals surface area contributed by atoms with Gasteiger partial charge in [0.2, 0.25) is 0 Å². The maximum absolute atomic E-state index is 15.5. The van der Waals surface area contributed by atoms with Gasteiger partial charge in [0.05, 0.1) is 34.4 Å². The average Bonchev–Trinajstić information content (AvgIpc) is 3.49. The predicted molar refractivity (Wildman–Crippen MR) is 286 cm³/mol.